The molecule has 26 heteroatoms. The van der Waals surface area contributed by atoms with Crippen molar-refractivity contribution in [2.24, 2.45) is 18.7 Å². The molecule has 4 fully saturated rings. The Balaban J connectivity index is 0.857. The number of hydrogen-bond donors (Lipinski definition) is 8. The number of aromatic amines is 1. The summed E-state index contributed by atoms with van der Waals surface area (Å²) in [5.41, 5.74) is 9.12. The molecule has 2 aromatic heterocycles. The third-order valence-corrected chi connectivity index (χ3v) is 18.2. The molecule has 4 aliphatic rings. The minimum Gasteiger partial charge on any atom is -0.443 e. The van der Waals surface area contributed by atoms with Gasteiger partial charge in [-0.25, -0.2) is 9.18 Å². The lowest BCUT2D eigenvalue weighted by Crippen LogP contribution is -2.58. The fourth-order valence-corrected chi connectivity index (χ4v) is 13.7. The van der Waals surface area contributed by atoms with Gasteiger partial charge in [-0.15, -0.1) is 0 Å². The van der Waals surface area contributed by atoms with Crippen molar-refractivity contribution in [3.05, 3.63) is 119 Å². The third kappa shape index (κ3) is 17.0. The highest BCUT2D eigenvalue weighted by Crippen LogP contribution is 2.43. The van der Waals surface area contributed by atoms with Gasteiger partial charge in [0.25, 0.3) is 5.91 Å². The number of benzene rings is 3. The number of primary amides is 1. The number of carbonyl (C=O) groups excluding carboxylic acids is 8. The number of nitrogens with zero attached hydrogens (tertiary/aromatic N) is 4. The van der Waals surface area contributed by atoms with Crippen molar-refractivity contribution in [3.63, 3.8) is 0 Å². The van der Waals surface area contributed by atoms with E-state index in [1.807, 2.05) is 43.7 Å². The smallest absolute Gasteiger partial charge is 0.415 e. The van der Waals surface area contributed by atoms with Crippen LogP contribution in [0.2, 0.25) is 0 Å². The van der Waals surface area contributed by atoms with Crippen LogP contribution in [0, 0.1) is 18.7 Å². The van der Waals surface area contributed by atoms with Gasteiger partial charge >= 0.3 is 6.09 Å². The van der Waals surface area contributed by atoms with E-state index in [1.165, 1.54) is 17.0 Å². The molecule has 3 saturated heterocycles. The molecule has 3 aliphatic heterocycles. The molecule has 2 unspecified atom stereocenters. The van der Waals surface area contributed by atoms with Crippen LogP contribution in [0.3, 0.4) is 0 Å². The maximum Gasteiger partial charge on any atom is 0.415 e. The van der Waals surface area contributed by atoms with Gasteiger partial charge in [-0.05, 0) is 138 Å². The number of rotatable bonds is 25. The van der Waals surface area contributed by atoms with Gasteiger partial charge in [-0.3, -0.25) is 43.1 Å². The second-order valence-electron chi connectivity index (χ2n) is 25.6. The number of aryl methyl sites for hydroxylation is 3. The first-order chi connectivity index (χ1) is 43.9. The molecule has 5 aromatic rings. The number of nitrogens with one attached hydrogen (secondary N) is 6. The van der Waals surface area contributed by atoms with E-state index in [1.54, 1.807) is 99.4 Å². The molecule has 9 N–H and O–H groups in total. The van der Waals surface area contributed by atoms with Crippen LogP contribution in [0.5, 0.6) is 0 Å². The molecule has 5 heterocycles. The Morgan fingerprint density at radius 2 is 1.60 bits per heavy atom. The maximum absolute atomic E-state index is 15.6. The van der Waals surface area contributed by atoms with Crippen LogP contribution in [0.4, 0.5) is 14.9 Å². The van der Waals surface area contributed by atoms with Crippen LogP contribution < -0.4 is 37.2 Å². The van der Waals surface area contributed by atoms with Crippen molar-refractivity contribution >= 4 is 75.8 Å². The summed E-state index contributed by atoms with van der Waals surface area (Å²) in [6.45, 7) is 9.22. The summed E-state index contributed by atoms with van der Waals surface area (Å²) in [5.74, 6) is -7.66. The molecule has 92 heavy (non-hydrogen) atoms. The second kappa shape index (κ2) is 30.2. The van der Waals surface area contributed by atoms with Crippen molar-refractivity contribution < 1.29 is 66.8 Å². The number of aliphatic hydroxyl groups is 1. The first-order valence-electron chi connectivity index (χ1n) is 31.5. The highest BCUT2D eigenvalue weighted by atomic mass is 32.2. The predicted octanol–water partition coefficient (Wildman–Crippen LogP) is 5.25. The normalized spacial score (nSPS) is 21.5. The number of aromatic nitrogens is 3. The van der Waals surface area contributed by atoms with E-state index in [0.29, 0.717) is 34.7 Å². The molecule has 24 nitrogen and oxygen atoms in total. The zero-order valence-electron chi connectivity index (χ0n) is 53.2. The summed E-state index contributed by atoms with van der Waals surface area (Å²) in [7, 11) is 1.82. The van der Waals surface area contributed by atoms with Crippen molar-refractivity contribution in [1.82, 2.24) is 46.2 Å². The summed E-state index contributed by atoms with van der Waals surface area (Å²) in [5, 5.41) is 29.1. The highest BCUT2D eigenvalue weighted by Gasteiger charge is 2.53. The van der Waals surface area contributed by atoms with Gasteiger partial charge in [0.2, 0.25) is 35.4 Å². The van der Waals surface area contributed by atoms with E-state index in [2.05, 4.69) is 36.7 Å². The average Bonchev–Trinajstić information content (AvgIpc) is 1.37. The summed E-state index contributed by atoms with van der Waals surface area (Å²) in [6.07, 6.45) is 7.53. The Labute approximate surface area is 538 Å². The second-order valence-corrected chi connectivity index (χ2v) is 26.8. The van der Waals surface area contributed by atoms with E-state index in [9.17, 15) is 43.5 Å². The van der Waals surface area contributed by atoms with Gasteiger partial charge in [0.05, 0.1) is 56.0 Å². The van der Waals surface area contributed by atoms with Gasteiger partial charge in [-0.1, -0.05) is 55.3 Å². The molecule has 0 bridgehead atoms. The third-order valence-electron chi connectivity index (χ3n) is 17.2. The van der Waals surface area contributed by atoms with Gasteiger partial charge in [0.1, 0.15) is 41.8 Å². The Morgan fingerprint density at radius 1 is 0.870 bits per heavy atom. The topological polar surface area (TPSA) is 320 Å². The van der Waals surface area contributed by atoms with Crippen LogP contribution in [0.1, 0.15) is 131 Å². The molecule has 9 rings (SSSR count). The van der Waals surface area contributed by atoms with Crippen LogP contribution in [-0.4, -0.2) is 170 Å². The number of H-pyrrole nitrogens is 1. The van der Waals surface area contributed by atoms with E-state index >= 15 is 4.39 Å². The van der Waals surface area contributed by atoms with E-state index in [0.717, 1.165) is 54.1 Å². The first-order valence-corrected chi connectivity index (χ1v) is 32.7. The average molecular weight is 1290 g/mol. The van der Waals surface area contributed by atoms with Crippen LogP contribution in [0.15, 0.2) is 85.3 Å². The molecular weight excluding hydrogens is 1210 g/mol. The number of likely N-dealkylation sites (tertiary alicyclic amines) is 1. The molecular formula is C66H86FN11O13S. The van der Waals surface area contributed by atoms with Gasteiger partial charge in [0.15, 0.2) is 5.79 Å². The standard InChI is InChI=1S/C66H86FN11O13S/c1-38-14-12-19-47(67)55(38)63(86)77-27-13-18-45(56(77)39-21-23-43(24-22-39)78(42-15-8-9-16-42)64(87)91-65(2,3)4)59(82)75-51(36-79)61(84)71-34-54(81)73-50(30-53(68)80)62(85)74-49(26-29-92-28-25-40-31-69-48-20-11-10-17-44(40)48)60(83)70-33-52-58-57(89-66(5,6)90-58)46(37-88-52)41-32-72-76(7)35-41/h10-12,14,17,19-24,31-32,35,42,45-46,49-52,56-58,69,79H,8-9,13,15-16,18,25-30,33-34,36-37H2,1-7H3,(H2,68,80)(H,70,83)(H,71,84)(H,73,81)(H,74,85)(H,75,82)/t45-,46-,49-,50?,51?,52+,56-,57+,58-/m0/s1. The van der Waals surface area contributed by atoms with Crippen molar-refractivity contribution in [2.45, 2.75) is 165 Å². The van der Waals surface area contributed by atoms with Gasteiger partial charge in [0, 0.05) is 61.1 Å². The van der Waals surface area contributed by atoms with Gasteiger partial charge in [-0.2, -0.15) is 16.9 Å². The van der Waals surface area contributed by atoms with Crippen LogP contribution in [-0.2, 0) is 61.2 Å². The number of thioether (sulfide) groups is 1. The van der Waals surface area contributed by atoms with Crippen molar-refractivity contribution in [2.75, 3.05) is 49.3 Å². The van der Waals surface area contributed by atoms with Crippen molar-refractivity contribution in [3.8, 4) is 0 Å². The fourth-order valence-electron chi connectivity index (χ4n) is 12.8. The fraction of sp³-hybridized carbons (Fsp3) is 0.530. The van der Waals surface area contributed by atoms with E-state index in [4.69, 9.17) is 24.7 Å². The van der Waals surface area contributed by atoms with Gasteiger partial charge < -0.3 is 66.3 Å². The predicted molar refractivity (Wildman–Crippen MR) is 341 cm³/mol. The Bertz CT molecular complexity index is 3440. The van der Waals surface area contributed by atoms with E-state index in [-0.39, 0.29) is 50.1 Å². The molecule has 0 radical (unpaired) electrons. The number of aliphatic hydroxyl groups excluding tert-OH is 1. The summed E-state index contributed by atoms with van der Waals surface area (Å²) in [4.78, 5) is 118. The number of anilines is 1. The molecule has 0 spiro atoms. The molecule has 9 atom stereocenters. The lowest BCUT2D eigenvalue weighted by atomic mass is 9.83. The molecule has 1 saturated carbocycles. The minimum atomic E-state index is -1.64. The number of carbonyl (C=O) groups is 8. The first kappa shape index (κ1) is 68.5. The Morgan fingerprint density at radius 3 is 2.29 bits per heavy atom. The molecule has 3 aromatic carbocycles. The quantitative estimate of drug-likeness (QED) is 0.0346. The number of piperidine rings is 1. The zero-order chi connectivity index (χ0) is 66.0. The summed E-state index contributed by atoms with van der Waals surface area (Å²) >= 11 is 1.57. The maximum atomic E-state index is 15.6. The van der Waals surface area contributed by atoms with Crippen molar-refractivity contribution in [1.29, 1.82) is 0 Å². The van der Waals surface area contributed by atoms with E-state index < -0.39 is 133 Å². The number of amides is 8. The molecule has 8 amide bonds. The Kier molecular flexibility index (Phi) is 22.5. The SMILES string of the molecule is Cc1cccc(F)c1C(=O)N1CCC[C@H](C(=O)NC(CO)C(=O)NCC(=O)NC(CC(N)=O)C(=O)N[C@@H](CCSCCc2c[nH]c3ccccc23)C(=O)NC[C@H]2OC[C@@H](c3cnn(C)c3)[C@H]3OC(C)(C)O[C@H]32)[C@@H]1c1ccc(N(C(=O)OC(C)(C)C)C2CCCC2)cc1. The summed E-state index contributed by atoms with van der Waals surface area (Å²) in [6, 6.07) is 13.5. The highest BCUT2D eigenvalue weighted by molar-refractivity contribution is 7.99. The monoisotopic (exact) mass is 1290 g/mol. The number of nitrogens with two attached hydrogens (primary N) is 1. The minimum absolute atomic E-state index is 0.0178. The lowest BCUT2D eigenvalue weighted by molar-refractivity contribution is -0.153. The number of para-hydroxylation sites is 1. The van der Waals surface area contributed by atoms with Crippen LogP contribution in [0.25, 0.3) is 10.9 Å². The zero-order valence-corrected chi connectivity index (χ0v) is 54.0. The lowest BCUT2D eigenvalue weighted by Gasteiger charge is -2.41. The number of ether oxygens (including phenoxy) is 4. The number of hydrogen-bond acceptors (Lipinski definition) is 15. The van der Waals surface area contributed by atoms with Crippen LogP contribution >= 0.6 is 11.8 Å². The number of fused-ring (bicyclic) bond motifs is 2. The molecule has 496 valence electrons. The molecule has 1 aliphatic carbocycles. The summed E-state index contributed by atoms with van der Waals surface area (Å²) < 4.78 is 42.1. The Hall–Kier alpha value is -7.91. The largest absolute Gasteiger partial charge is 0.443 e. The number of halogens is 1.